The average molecular weight is 308 g/mol. The Labute approximate surface area is 135 Å². The Balaban J connectivity index is 1.90. The Morgan fingerprint density at radius 3 is 2.78 bits per heavy atom. The molecule has 0 aliphatic heterocycles. The van der Waals surface area contributed by atoms with Gasteiger partial charge in [-0.25, -0.2) is 4.98 Å². The molecule has 23 heavy (non-hydrogen) atoms. The molecule has 118 valence electrons. The first-order chi connectivity index (χ1) is 11.2. The van der Waals surface area contributed by atoms with Crippen molar-refractivity contribution >= 4 is 16.9 Å². The number of rotatable bonds is 5. The number of hydrogen-bond donors (Lipinski definition) is 2. The largest absolute Gasteiger partial charge is 0.342 e. The molecule has 0 spiro atoms. The number of para-hydroxylation sites is 2. The smallest absolute Gasteiger partial charge is 0.253 e. The van der Waals surface area contributed by atoms with Gasteiger partial charge in [0.2, 0.25) is 0 Å². The van der Waals surface area contributed by atoms with Crippen LogP contribution in [0, 0.1) is 5.92 Å². The van der Waals surface area contributed by atoms with Crippen LogP contribution in [0.2, 0.25) is 0 Å². The topological polar surface area (TPSA) is 70.7 Å². The summed E-state index contributed by atoms with van der Waals surface area (Å²) in [5.74, 6) is 0.915. The van der Waals surface area contributed by atoms with Gasteiger partial charge in [0.1, 0.15) is 5.82 Å². The predicted octanol–water partition coefficient (Wildman–Crippen LogP) is 3.48. The van der Waals surface area contributed by atoms with Gasteiger partial charge in [-0.1, -0.05) is 32.4 Å². The third-order valence-corrected chi connectivity index (χ3v) is 4.13. The third-order valence-electron chi connectivity index (χ3n) is 4.13. The van der Waals surface area contributed by atoms with Gasteiger partial charge in [-0.15, -0.1) is 0 Å². The summed E-state index contributed by atoms with van der Waals surface area (Å²) in [4.78, 5) is 24.4. The number of H-pyrrole nitrogens is 1. The highest BCUT2D eigenvalue weighted by molar-refractivity contribution is 5.94. The number of imidazole rings is 1. The number of fused-ring (bicyclic) bond motifs is 1. The van der Waals surface area contributed by atoms with Crippen LogP contribution >= 0.6 is 0 Å². The molecule has 3 rings (SSSR count). The molecule has 5 heteroatoms. The van der Waals surface area contributed by atoms with Crippen LogP contribution in [-0.2, 0) is 0 Å². The molecule has 0 saturated carbocycles. The van der Waals surface area contributed by atoms with Crippen molar-refractivity contribution in [3.05, 3.63) is 60.2 Å². The van der Waals surface area contributed by atoms with Crippen molar-refractivity contribution in [1.82, 2.24) is 20.3 Å². The maximum atomic E-state index is 12.5. The van der Waals surface area contributed by atoms with E-state index < -0.39 is 0 Å². The first kappa shape index (κ1) is 15.2. The molecular weight excluding hydrogens is 288 g/mol. The summed E-state index contributed by atoms with van der Waals surface area (Å²) >= 11 is 0. The van der Waals surface area contributed by atoms with E-state index in [1.807, 2.05) is 24.3 Å². The van der Waals surface area contributed by atoms with Crippen LogP contribution in [0.25, 0.3) is 11.0 Å². The highest BCUT2D eigenvalue weighted by atomic mass is 16.1. The molecule has 0 bridgehead atoms. The summed E-state index contributed by atoms with van der Waals surface area (Å²) in [6.45, 7) is 4.22. The van der Waals surface area contributed by atoms with E-state index in [2.05, 4.69) is 34.1 Å². The number of nitrogens with one attached hydrogen (secondary N) is 2. The minimum Gasteiger partial charge on any atom is -0.342 e. The molecule has 0 aliphatic rings. The van der Waals surface area contributed by atoms with Gasteiger partial charge in [0, 0.05) is 12.4 Å². The second-order valence-electron chi connectivity index (χ2n) is 5.72. The maximum absolute atomic E-state index is 12.5. The number of aromatic nitrogens is 3. The second-order valence-corrected chi connectivity index (χ2v) is 5.72. The fourth-order valence-corrected chi connectivity index (χ4v) is 2.56. The van der Waals surface area contributed by atoms with E-state index in [1.165, 1.54) is 0 Å². The van der Waals surface area contributed by atoms with Crippen LogP contribution in [0.15, 0.2) is 48.8 Å². The van der Waals surface area contributed by atoms with E-state index in [4.69, 9.17) is 0 Å². The molecule has 0 unspecified atom stereocenters. The average Bonchev–Trinajstić information content (AvgIpc) is 3.03. The molecule has 2 atom stereocenters. The minimum atomic E-state index is -0.167. The normalized spacial score (nSPS) is 13.7. The lowest BCUT2D eigenvalue weighted by atomic mass is 9.98. The minimum absolute atomic E-state index is 0.135. The number of carbonyl (C=O) groups excluding carboxylic acids is 1. The van der Waals surface area contributed by atoms with Crippen molar-refractivity contribution < 1.29 is 4.79 Å². The molecule has 0 fully saturated rings. The number of pyridine rings is 1. The van der Waals surface area contributed by atoms with Gasteiger partial charge in [0.25, 0.3) is 5.91 Å². The van der Waals surface area contributed by atoms with Crippen molar-refractivity contribution in [1.29, 1.82) is 0 Å². The zero-order valence-corrected chi connectivity index (χ0v) is 13.3. The van der Waals surface area contributed by atoms with Crippen molar-refractivity contribution in [2.45, 2.75) is 26.3 Å². The summed E-state index contributed by atoms with van der Waals surface area (Å²) in [5, 5.41) is 3.09. The fourth-order valence-electron chi connectivity index (χ4n) is 2.56. The zero-order valence-electron chi connectivity index (χ0n) is 13.3. The summed E-state index contributed by atoms with van der Waals surface area (Å²) < 4.78 is 0. The number of hydrogen-bond acceptors (Lipinski definition) is 3. The van der Waals surface area contributed by atoms with Gasteiger partial charge in [-0.05, 0) is 30.2 Å². The highest BCUT2D eigenvalue weighted by Crippen LogP contribution is 2.25. The first-order valence-electron chi connectivity index (χ1n) is 7.84. The molecule has 2 N–H and O–H groups in total. The van der Waals surface area contributed by atoms with E-state index in [-0.39, 0.29) is 17.9 Å². The van der Waals surface area contributed by atoms with Crippen LogP contribution in [-0.4, -0.2) is 20.9 Å². The Hall–Kier alpha value is -2.69. The highest BCUT2D eigenvalue weighted by Gasteiger charge is 2.24. The van der Waals surface area contributed by atoms with E-state index in [0.717, 1.165) is 23.3 Å². The Morgan fingerprint density at radius 2 is 2.09 bits per heavy atom. The van der Waals surface area contributed by atoms with Gasteiger partial charge in [0.15, 0.2) is 0 Å². The van der Waals surface area contributed by atoms with Crippen LogP contribution < -0.4 is 5.32 Å². The Morgan fingerprint density at radius 1 is 1.26 bits per heavy atom. The number of carbonyl (C=O) groups is 1. The lowest BCUT2D eigenvalue weighted by molar-refractivity contribution is 0.0920. The standard InChI is InChI=1S/C18H20N4O/c1-3-12(2)16(22-18(23)13-7-6-10-19-11-13)17-20-14-8-4-5-9-15(14)21-17/h4-12,16H,3H2,1-2H3,(H,20,21)(H,22,23)/t12-,16+/m1/s1. The zero-order chi connectivity index (χ0) is 16.2. The maximum Gasteiger partial charge on any atom is 0.253 e. The molecule has 5 nitrogen and oxygen atoms in total. The van der Waals surface area contributed by atoms with E-state index in [0.29, 0.717) is 5.56 Å². The molecule has 3 aromatic rings. The fraction of sp³-hybridized carbons (Fsp3) is 0.278. The summed E-state index contributed by atoms with van der Waals surface area (Å²) in [6, 6.07) is 11.2. The van der Waals surface area contributed by atoms with Gasteiger partial charge in [0.05, 0.1) is 22.6 Å². The van der Waals surface area contributed by atoms with E-state index in [9.17, 15) is 4.79 Å². The van der Waals surface area contributed by atoms with Crippen LogP contribution in [0.4, 0.5) is 0 Å². The molecule has 2 aromatic heterocycles. The SMILES string of the molecule is CC[C@@H](C)[C@H](NC(=O)c1cccnc1)c1nc2ccccc2[nH]1. The third kappa shape index (κ3) is 3.23. The predicted molar refractivity (Wildman–Crippen MR) is 90.0 cm³/mol. The quantitative estimate of drug-likeness (QED) is 0.758. The van der Waals surface area contributed by atoms with Crippen molar-refractivity contribution in [3.63, 3.8) is 0 Å². The Kier molecular flexibility index (Phi) is 4.37. The molecule has 1 aromatic carbocycles. The number of benzene rings is 1. The monoisotopic (exact) mass is 308 g/mol. The summed E-state index contributed by atoms with van der Waals surface area (Å²) in [5.41, 5.74) is 2.44. The van der Waals surface area contributed by atoms with Crippen molar-refractivity contribution in [3.8, 4) is 0 Å². The summed E-state index contributed by atoms with van der Waals surface area (Å²) in [6.07, 6.45) is 4.17. The molecule has 0 saturated heterocycles. The van der Waals surface area contributed by atoms with Crippen molar-refractivity contribution in [2.75, 3.05) is 0 Å². The lowest BCUT2D eigenvalue weighted by Gasteiger charge is -2.22. The molecule has 2 heterocycles. The van der Waals surface area contributed by atoms with E-state index in [1.54, 1.807) is 24.5 Å². The van der Waals surface area contributed by atoms with Crippen LogP contribution in [0.1, 0.15) is 42.5 Å². The molecule has 0 radical (unpaired) electrons. The number of aromatic amines is 1. The van der Waals surface area contributed by atoms with Crippen LogP contribution in [0.5, 0.6) is 0 Å². The Bertz CT molecular complexity index is 764. The molecule has 1 amide bonds. The summed E-state index contributed by atoms with van der Waals surface area (Å²) in [7, 11) is 0. The van der Waals surface area contributed by atoms with Gasteiger partial charge < -0.3 is 10.3 Å². The van der Waals surface area contributed by atoms with Gasteiger partial charge in [-0.2, -0.15) is 0 Å². The van der Waals surface area contributed by atoms with E-state index >= 15 is 0 Å². The van der Waals surface area contributed by atoms with Gasteiger partial charge >= 0.3 is 0 Å². The first-order valence-corrected chi connectivity index (χ1v) is 7.84. The second kappa shape index (κ2) is 6.60. The van der Waals surface area contributed by atoms with Crippen LogP contribution in [0.3, 0.4) is 0 Å². The lowest BCUT2D eigenvalue weighted by Crippen LogP contribution is -2.33. The number of amides is 1. The molecular formula is C18H20N4O. The van der Waals surface area contributed by atoms with Gasteiger partial charge in [-0.3, -0.25) is 9.78 Å². The number of nitrogens with zero attached hydrogens (tertiary/aromatic N) is 2. The van der Waals surface area contributed by atoms with Crippen molar-refractivity contribution in [2.24, 2.45) is 5.92 Å². The molecule has 0 aliphatic carbocycles.